The molecule has 0 aromatic carbocycles. The lowest BCUT2D eigenvalue weighted by molar-refractivity contribution is -0.925. The van der Waals surface area contributed by atoms with Crippen LogP contribution < -0.4 is 12.4 Å². The molecule has 0 spiro atoms. The van der Waals surface area contributed by atoms with Gasteiger partial charge in [0, 0.05) is 22.6 Å². The third kappa shape index (κ3) is 8.74. The first-order valence-corrected chi connectivity index (χ1v) is 9.37. The summed E-state index contributed by atoms with van der Waals surface area (Å²) < 4.78 is 1.47. The number of halogens is 2. The highest BCUT2D eigenvalue weighted by Gasteiger charge is 2.31. The van der Waals surface area contributed by atoms with Crippen LogP contribution in [0.5, 0.6) is 0 Å². The molecule has 0 fully saturated rings. The average molecular weight is 414 g/mol. The van der Waals surface area contributed by atoms with Gasteiger partial charge in [-0.15, -0.1) is 6.42 Å². The Morgan fingerprint density at radius 1 is 0.900 bits per heavy atom. The van der Waals surface area contributed by atoms with Gasteiger partial charge in [0.1, 0.15) is 0 Å². The zero-order valence-electron chi connectivity index (χ0n) is 13.6. The normalized spacial score (nSPS) is 12.6. The van der Waals surface area contributed by atoms with E-state index in [-0.39, 0.29) is 12.4 Å². The molecule has 20 heavy (non-hydrogen) atoms. The van der Waals surface area contributed by atoms with Crippen molar-refractivity contribution in [3.63, 3.8) is 0 Å². The zero-order chi connectivity index (χ0) is 14.6. The predicted molar refractivity (Wildman–Crippen MR) is 95.5 cm³/mol. The van der Waals surface area contributed by atoms with Crippen molar-refractivity contribution >= 4 is 22.6 Å². The Morgan fingerprint density at radius 3 is 1.65 bits per heavy atom. The lowest BCUT2D eigenvalue weighted by atomic mass is 10.1. The van der Waals surface area contributed by atoms with Gasteiger partial charge in [0.15, 0.2) is 0 Å². The fourth-order valence-electron chi connectivity index (χ4n) is 2.68. The molecular formula is C17H33ClIN. The minimum atomic E-state index is 0. The number of terminal acetylenes is 1. The lowest BCUT2D eigenvalue weighted by Crippen LogP contribution is -3.00. The molecule has 120 valence electrons. The van der Waals surface area contributed by atoms with E-state index in [4.69, 9.17) is 6.42 Å². The Balaban J connectivity index is 0. The molecule has 1 nitrogen and oxygen atoms in total. The largest absolute Gasteiger partial charge is 1.00 e. The Hall–Kier alpha value is 0.540. The molecule has 0 radical (unpaired) electrons. The summed E-state index contributed by atoms with van der Waals surface area (Å²) in [6.07, 6.45) is 16.4. The standard InChI is InChI=1S/C17H33IN.ClH/c1-5-9-11-13-15-19(8-4,17(18)7-3)16-14-12-10-6-2;/h3,17H,5-6,8-16H2,1-2,4H3;1H/q+1;/p-1. The molecule has 0 saturated heterocycles. The number of rotatable bonds is 12. The molecule has 3 heteroatoms. The topological polar surface area (TPSA) is 0 Å². The molecule has 0 aliphatic rings. The molecule has 1 unspecified atom stereocenters. The average Bonchev–Trinajstić information content (AvgIpc) is 2.45. The molecule has 0 rings (SSSR count). The van der Waals surface area contributed by atoms with Crippen molar-refractivity contribution in [1.82, 2.24) is 0 Å². The van der Waals surface area contributed by atoms with E-state index in [2.05, 4.69) is 49.3 Å². The van der Waals surface area contributed by atoms with Crippen LogP contribution in [-0.2, 0) is 0 Å². The van der Waals surface area contributed by atoms with Gasteiger partial charge in [-0.1, -0.05) is 39.5 Å². The predicted octanol–water partition coefficient (Wildman–Crippen LogP) is 2.38. The zero-order valence-corrected chi connectivity index (χ0v) is 16.5. The number of nitrogens with zero attached hydrogens (tertiary/aromatic N) is 1. The van der Waals surface area contributed by atoms with Crippen molar-refractivity contribution in [3.05, 3.63) is 0 Å². The summed E-state index contributed by atoms with van der Waals surface area (Å²) in [5.74, 6) is 3.00. The van der Waals surface area contributed by atoms with E-state index in [1.807, 2.05) is 0 Å². The summed E-state index contributed by atoms with van der Waals surface area (Å²) in [5.41, 5.74) is 0. The summed E-state index contributed by atoms with van der Waals surface area (Å²) in [5, 5.41) is 0. The van der Waals surface area contributed by atoms with Gasteiger partial charge in [0.25, 0.3) is 0 Å². The minimum absolute atomic E-state index is 0. The Bertz CT molecular complexity index is 238. The quantitative estimate of drug-likeness (QED) is 0.115. The molecule has 0 aliphatic heterocycles. The monoisotopic (exact) mass is 413 g/mol. The SMILES string of the molecule is C#CC(I)[N+](CC)(CCCCCC)CCCCCC.[Cl-]. The van der Waals surface area contributed by atoms with Gasteiger partial charge in [-0.25, -0.2) is 0 Å². The van der Waals surface area contributed by atoms with E-state index in [1.54, 1.807) is 0 Å². The van der Waals surface area contributed by atoms with Crippen LogP contribution in [-0.4, -0.2) is 28.2 Å². The smallest absolute Gasteiger partial charge is 0.200 e. The van der Waals surface area contributed by atoms with Crippen LogP contribution >= 0.6 is 22.6 Å². The first-order valence-electron chi connectivity index (χ1n) is 8.12. The third-order valence-corrected chi connectivity index (χ3v) is 5.70. The van der Waals surface area contributed by atoms with Crippen molar-refractivity contribution in [2.24, 2.45) is 0 Å². The number of quaternary nitrogens is 1. The fraction of sp³-hybridized carbons (Fsp3) is 0.882. The molecule has 0 aromatic rings. The van der Waals surface area contributed by atoms with Crippen molar-refractivity contribution in [2.45, 2.75) is 76.2 Å². The molecule has 0 bridgehead atoms. The van der Waals surface area contributed by atoms with E-state index in [0.717, 1.165) is 4.48 Å². The molecule has 0 N–H and O–H groups in total. The number of hydrogen-bond acceptors (Lipinski definition) is 0. The van der Waals surface area contributed by atoms with Gasteiger partial charge in [-0.05, 0) is 38.5 Å². The van der Waals surface area contributed by atoms with Gasteiger partial charge in [-0.2, -0.15) is 0 Å². The molecular weight excluding hydrogens is 381 g/mol. The number of unbranched alkanes of at least 4 members (excludes halogenated alkanes) is 6. The van der Waals surface area contributed by atoms with E-state index < -0.39 is 0 Å². The lowest BCUT2D eigenvalue weighted by Gasteiger charge is -2.40. The molecule has 1 atom stereocenters. The second-order valence-electron chi connectivity index (χ2n) is 5.61. The summed E-state index contributed by atoms with van der Waals surface area (Å²) >= 11 is 2.48. The van der Waals surface area contributed by atoms with Gasteiger partial charge < -0.3 is 16.9 Å². The van der Waals surface area contributed by atoms with Gasteiger partial charge in [0.05, 0.1) is 19.6 Å². The number of alkyl halides is 1. The Morgan fingerprint density at radius 2 is 1.35 bits per heavy atom. The van der Waals surface area contributed by atoms with Crippen LogP contribution in [0.15, 0.2) is 0 Å². The molecule has 0 aliphatic carbocycles. The number of hydrogen-bond donors (Lipinski definition) is 0. The van der Waals surface area contributed by atoms with E-state index in [9.17, 15) is 0 Å². The van der Waals surface area contributed by atoms with E-state index in [1.165, 1.54) is 71.0 Å². The van der Waals surface area contributed by atoms with Crippen molar-refractivity contribution in [1.29, 1.82) is 0 Å². The fourth-order valence-corrected chi connectivity index (χ4v) is 3.63. The van der Waals surface area contributed by atoms with Crippen LogP contribution in [0.1, 0.15) is 72.1 Å². The summed E-state index contributed by atoms with van der Waals surface area (Å²) in [6.45, 7) is 10.6. The Labute approximate surface area is 147 Å². The second kappa shape index (κ2) is 14.5. The van der Waals surface area contributed by atoms with Gasteiger partial charge in [-0.3, -0.25) is 0 Å². The molecule has 0 saturated carbocycles. The highest BCUT2D eigenvalue weighted by atomic mass is 127. The van der Waals surface area contributed by atoms with Crippen molar-refractivity contribution in [3.8, 4) is 12.3 Å². The maximum atomic E-state index is 5.72. The van der Waals surface area contributed by atoms with Crippen LogP contribution in [0, 0.1) is 12.3 Å². The first-order chi connectivity index (χ1) is 9.16. The van der Waals surface area contributed by atoms with E-state index >= 15 is 0 Å². The highest BCUT2D eigenvalue weighted by Crippen LogP contribution is 2.23. The van der Waals surface area contributed by atoms with E-state index in [0.29, 0.717) is 4.05 Å². The van der Waals surface area contributed by atoms with Crippen molar-refractivity contribution in [2.75, 3.05) is 19.6 Å². The maximum Gasteiger partial charge on any atom is 0.200 e. The summed E-state index contributed by atoms with van der Waals surface area (Å²) in [4.78, 5) is 0. The maximum absolute atomic E-state index is 5.72. The van der Waals surface area contributed by atoms with Crippen molar-refractivity contribution < 1.29 is 16.9 Å². The van der Waals surface area contributed by atoms with Gasteiger partial charge >= 0.3 is 0 Å². The van der Waals surface area contributed by atoms with Crippen LogP contribution in [0.25, 0.3) is 0 Å². The highest BCUT2D eigenvalue weighted by molar-refractivity contribution is 14.1. The molecule has 0 amide bonds. The van der Waals surface area contributed by atoms with Gasteiger partial charge in [0.2, 0.25) is 4.05 Å². The second-order valence-corrected chi connectivity index (χ2v) is 6.79. The van der Waals surface area contributed by atoms with Crippen LogP contribution in [0.2, 0.25) is 0 Å². The van der Waals surface area contributed by atoms with Crippen LogP contribution in [0.3, 0.4) is 0 Å². The van der Waals surface area contributed by atoms with Crippen LogP contribution in [0.4, 0.5) is 0 Å². The Kier molecular flexibility index (Phi) is 16.5. The first kappa shape index (κ1) is 22.8. The minimum Gasteiger partial charge on any atom is -1.00 e. The molecule has 0 aromatic heterocycles. The molecule has 0 heterocycles. The third-order valence-electron chi connectivity index (χ3n) is 4.16. The summed E-state index contributed by atoms with van der Waals surface area (Å²) in [6, 6.07) is 0. The summed E-state index contributed by atoms with van der Waals surface area (Å²) in [7, 11) is 0.